The van der Waals surface area contributed by atoms with Crippen LogP contribution in [-0.2, 0) is 10.0 Å². The molecule has 2 N–H and O–H groups in total. The molecular formula is C15H15NO5S. The van der Waals surface area contributed by atoms with Crippen molar-refractivity contribution in [3.8, 4) is 5.75 Å². The first kappa shape index (κ1) is 15.8. The number of hydrogen-bond acceptors (Lipinski definition) is 4. The Hall–Kier alpha value is -2.54. The summed E-state index contributed by atoms with van der Waals surface area (Å²) in [6, 6.07) is 10.4. The molecule has 2 rings (SSSR count). The minimum absolute atomic E-state index is 0.00333. The summed E-state index contributed by atoms with van der Waals surface area (Å²) in [5, 5.41) is 8.95. The Labute approximate surface area is 128 Å². The van der Waals surface area contributed by atoms with Crippen molar-refractivity contribution in [2.24, 2.45) is 0 Å². The number of ether oxygens (including phenoxy) is 1. The first-order chi connectivity index (χ1) is 10.3. The lowest BCUT2D eigenvalue weighted by Gasteiger charge is -2.12. The molecule has 116 valence electrons. The Balaban J connectivity index is 2.42. The number of benzene rings is 2. The number of carbonyl (C=O) groups is 1. The molecule has 0 saturated carbocycles. The number of sulfonamides is 1. The second-order valence-electron chi connectivity index (χ2n) is 4.65. The lowest BCUT2D eigenvalue weighted by molar-refractivity contribution is 0.0697. The maximum absolute atomic E-state index is 12.5. The van der Waals surface area contributed by atoms with E-state index in [-0.39, 0.29) is 21.9 Å². The van der Waals surface area contributed by atoms with Gasteiger partial charge in [0.2, 0.25) is 0 Å². The van der Waals surface area contributed by atoms with Gasteiger partial charge in [-0.3, -0.25) is 4.72 Å². The van der Waals surface area contributed by atoms with Crippen molar-refractivity contribution >= 4 is 21.7 Å². The minimum Gasteiger partial charge on any atom is -0.495 e. The molecule has 0 atom stereocenters. The van der Waals surface area contributed by atoms with Gasteiger partial charge in [-0.1, -0.05) is 12.1 Å². The third-order valence-electron chi connectivity index (χ3n) is 2.97. The number of anilines is 1. The molecule has 0 radical (unpaired) electrons. The Morgan fingerprint density at radius 2 is 1.91 bits per heavy atom. The van der Waals surface area contributed by atoms with Crippen LogP contribution >= 0.6 is 0 Å². The predicted molar refractivity (Wildman–Crippen MR) is 81.9 cm³/mol. The van der Waals surface area contributed by atoms with E-state index >= 15 is 0 Å². The maximum Gasteiger partial charge on any atom is 0.335 e. The second kappa shape index (κ2) is 6.07. The molecule has 0 aliphatic carbocycles. The van der Waals surface area contributed by atoms with Crippen LogP contribution in [0.3, 0.4) is 0 Å². The molecule has 0 aromatic heterocycles. The topological polar surface area (TPSA) is 92.7 Å². The van der Waals surface area contributed by atoms with Crippen molar-refractivity contribution in [1.29, 1.82) is 0 Å². The van der Waals surface area contributed by atoms with Crippen LogP contribution in [0, 0.1) is 6.92 Å². The lowest BCUT2D eigenvalue weighted by Crippen LogP contribution is -2.14. The van der Waals surface area contributed by atoms with Crippen LogP contribution in [-0.4, -0.2) is 26.6 Å². The highest BCUT2D eigenvalue weighted by atomic mass is 32.2. The number of aryl methyl sites for hydroxylation is 1. The van der Waals surface area contributed by atoms with Gasteiger partial charge in [0.05, 0.1) is 12.7 Å². The van der Waals surface area contributed by atoms with Crippen LogP contribution in [0.4, 0.5) is 5.69 Å². The van der Waals surface area contributed by atoms with Crippen LogP contribution in [0.1, 0.15) is 15.9 Å². The monoisotopic (exact) mass is 321 g/mol. The van der Waals surface area contributed by atoms with Crippen LogP contribution in [0.15, 0.2) is 47.4 Å². The molecule has 0 amide bonds. The Morgan fingerprint density at radius 3 is 2.55 bits per heavy atom. The number of hydrogen-bond donors (Lipinski definition) is 2. The van der Waals surface area contributed by atoms with E-state index in [4.69, 9.17) is 9.84 Å². The second-order valence-corrected chi connectivity index (χ2v) is 6.30. The number of carboxylic acid groups (broad SMARTS) is 1. The lowest BCUT2D eigenvalue weighted by atomic mass is 10.2. The summed E-state index contributed by atoms with van der Waals surface area (Å²) in [4.78, 5) is 10.9. The summed E-state index contributed by atoms with van der Waals surface area (Å²) >= 11 is 0. The Kier molecular flexibility index (Phi) is 4.37. The molecule has 22 heavy (non-hydrogen) atoms. The smallest absolute Gasteiger partial charge is 0.335 e. The van der Waals surface area contributed by atoms with Gasteiger partial charge in [-0.15, -0.1) is 0 Å². The molecule has 0 unspecified atom stereocenters. The fraction of sp³-hybridized carbons (Fsp3) is 0.133. The molecule has 0 spiro atoms. The van der Waals surface area contributed by atoms with E-state index in [1.807, 2.05) is 0 Å². The highest BCUT2D eigenvalue weighted by molar-refractivity contribution is 7.92. The number of aromatic carboxylic acids is 1. The highest BCUT2D eigenvalue weighted by Gasteiger charge is 2.20. The van der Waals surface area contributed by atoms with E-state index in [0.717, 1.165) is 5.56 Å². The van der Waals surface area contributed by atoms with Crippen LogP contribution in [0.5, 0.6) is 5.75 Å². The van der Waals surface area contributed by atoms with Gasteiger partial charge in [0.15, 0.2) is 0 Å². The SMILES string of the molecule is COc1ccc(C)cc1S(=O)(=O)Nc1cccc(C(=O)O)c1. The molecule has 0 fully saturated rings. The van der Waals surface area contributed by atoms with Gasteiger partial charge in [-0.05, 0) is 42.8 Å². The van der Waals surface area contributed by atoms with E-state index < -0.39 is 16.0 Å². The van der Waals surface area contributed by atoms with Crippen molar-refractivity contribution in [3.63, 3.8) is 0 Å². The van der Waals surface area contributed by atoms with Gasteiger partial charge in [0.25, 0.3) is 10.0 Å². The predicted octanol–water partition coefficient (Wildman–Crippen LogP) is 2.50. The first-order valence-electron chi connectivity index (χ1n) is 6.34. The number of rotatable bonds is 5. The summed E-state index contributed by atoms with van der Waals surface area (Å²) in [5.74, 6) is -0.915. The zero-order valence-corrected chi connectivity index (χ0v) is 12.8. The molecular weight excluding hydrogens is 306 g/mol. The van der Waals surface area contributed by atoms with Gasteiger partial charge < -0.3 is 9.84 Å². The van der Waals surface area contributed by atoms with E-state index in [0.29, 0.717) is 0 Å². The maximum atomic E-state index is 12.5. The average molecular weight is 321 g/mol. The standard InChI is InChI=1S/C15H15NO5S/c1-10-6-7-13(21-2)14(8-10)22(19,20)16-12-5-3-4-11(9-12)15(17)18/h3-9,16H,1-2H3,(H,17,18). The zero-order valence-electron chi connectivity index (χ0n) is 12.0. The number of methoxy groups -OCH3 is 1. The molecule has 6 nitrogen and oxygen atoms in total. The molecule has 7 heteroatoms. The summed E-state index contributed by atoms with van der Waals surface area (Å²) in [7, 11) is -2.51. The molecule has 0 bridgehead atoms. The molecule has 2 aromatic carbocycles. The quantitative estimate of drug-likeness (QED) is 0.882. The third-order valence-corrected chi connectivity index (χ3v) is 4.37. The molecule has 2 aromatic rings. The minimum atomic E-state index is -3.89. The molecule has 0 aliphatic rings. The van der Waals surface area contributed by atoms with Crippen molar-refractivity contribution in [2.75, 3.05) is 11.8 Å². The van der Waals surface area contributed by atoms with Gasteiger partial charge in [0, 0.05) is 5.69 Å². The van der Waals surface area contributed by atoms with E-state index in [9.17, 15) is 13.2 Å². The summed E-state index contributed by atoms with van der Waals surface area (Å²) in [6.07, 6.45) is 0. The third kappa shape index (κ3) is 3.37. The van der Waals surface area contributed by atoms with Gasteiger partial charge in [-0.25, -0.2) is 13.2 Å². The van der Waals surface area contributed by atoms with Gasteiger partial charge >= 0.3 is 5.97 Å². The van der Waals surface area contributed by atoms with Crippen LogP contribution < -0.4 is 9.46 Å². The molecule has 0 aliphatic heterocycles. The van der Waals surface area contributed by atoms with E-state index in [1.54, 1.807) is 19.1 Å². The normalized spacial score (nSPS) is 11.0. The molecule has 0 heterocycles. The van der Waals surface area contributed by atoms with Crippen LogP contribution in [0.2, 0.25) is 0 Å². The van der Waals surface area contributed by atoms with Gasteiger partial charge in [0.1, 0.15) is 10.6 Å². The summed E-state index contributed by atoms with van der Waals surface area (Å²) in [6.45, 7) is 1.77. The fourth-order valence-corrected chi connectivity index (χ4v) is 3.22. The first-order valence-corrected chi connectivity index (χ1v) is 7.82. The van der Waals surface area contributed by atoms with Crippen molar-refractivity contribution < 1.29 is 23.1 Å². The van der Waals surface area contributed by atoms with Crippen LogP contribution in [0.25, 0.3) is 0 Å². The van der Waals surface area contributed by atoms with Crippen molar-refractivity contribution in [2.45, 2.75) is 11.8 Å². The van der Waals surface area contributed by atoms with E-state index in [2.05, 4.69) is 4.72 Å². The summed E-state index contributed by atoms with van der Waals surface area (Å²) < 4.78 is 32.4. The van der Waals surface area contributed by atoms with E-state index in [1.165, 1.54) is 37.4 Å². The number of nitrogens with one attached hydrogen (secondary N) is 1. The van der Waals surface area contributed by atoms with Gasteiger partial charge in [-0.2, -0.15) is 0 Å². The Morgan fingerprint density at radius 1 is 1.18 bits per heavy atom. The zero-order chi connectivity index (χ0) is 16.3. The fourth-order valence-electron chi connectivity index (χ4n) is 1.92. The van der Waals surface area contributed by atoms with Crippen molar-refractivity contribution in [1.82, 2.24) is 0 Å². The largest absolute Gasteiger partial charge is 0.495 e. The molecule has 0 saturated heterocycles. The van der Waals surface area contributed by atoms with Crippen molar-refractivity contribution in [3.05, 3.63) is 53.6 Å². The number of carboxylic acids is 1. The Bertz CT molecular complexity index is 814. The summed E-state index contributed by atoms with van der Waals surface area (Å²) in [5.41, 5.74) is 0.931. The average Bonchev–Trinajstić information content (AvgIpc) is 2.47. The highest BCUT2D eigenvalue weighted by Crippen LogP contribution is 2.27.